The molecule has 0 aromatic heterocycles. The first-order valence-corrected chi connectivity index (χ1v) is 8.72. The van der Waals surface area contributed by atoms with Crippen LogP contribution in [0.3, 0.4) is 0 Å². The normalized spacial score (nSPS) is 20.8. The maximum absolute atomic E-state index is 12.4. The Morgan fingerprint density at radius 2 is 1.58 bits per heavy atom. The van der Waals surface area contributed by atoms with Gasteiger partial charge in [-0.05, 0) is 33.6 Å². The third-order valence-electron chi connectivity index (χ3n) is 4.47. The van der Waals surface area contributed by atoms with Crippen LogP contribution in [-0.4, -0.2) is 84.4 Å². The molecule has 0 aliphatic carbocycles. The number of piperazine rings is 1. The third kappa shape index (κ3) is 5.47. The van der Waals surface area contributed by atoms with Gasteiger partial charge in [-0.2, -0.15) is 0 Å². The highest BCUT2D eigenvalue weighted by atomic mass is 16.6. The molecule has 2 heterocycles. The van der Waals surface area contributed by atoms with Gasteiger partial charge in [0.25, 0.3) is 0 Å². The molecule has 2 aliphatic rings. The lowest BCUT2D eigenvalue weighted by Gasteiger charge is -2.37. The van der Waals surface area contributed by atoms with E-state index in [1.54, 1.807) is 4.90 Å². The molecule has 0 aromatic rings. The molecular formula is C17H29N3O4. The highest BCUT2D eigenvalue weighted by molar-refractivity contribution is 5.78. The van der Waals surface area contributed by atoms with E-state index in [4.69, 9.17) is 4.74 Å². The van der Waals surface area contributed by atoms with E-state index >= 15 is 0 Å². The van der Waals surface area contributed by atoms with Gasteiger partial charge in [-0.1, -0.05) is 0 Å². The van der Waals surface area contributed by atoms with Gasteiger partial charge < -0.3 is 19.3 Å². The van der Waals surface area contributed by atoms with E-state index in [0.717, 1.165) is 19.1 Å². The van der Waals surface area contributed by atoms with Crippen LogP contribution in [0.25, 0.3) is 0 Å². The highest BCUT2D eigenvalue weighted by Crippen LogP contribution is 2.16. The van der Waals surface area contributed by atoms with Crippen molar-refractivity contribution in [3.63, 3.8) is 0 Å². The summed E-state index contributed by atoms with van der Waals surface area (Å²) in [6, 6.07) is 0. The van der Waals surface area contributed by atoms with Crippen molar-refractivity contribution >= 4 is 18.3 Å². The number of piperidine rings is 1. The molecule has 7 nitrogen and oxygen atoms in total. The molecule has 2 aliphatic heterocycles. The molecule has 0 radical (unpaired) electrons. The van der Waals surface area contributed by atoms with Crippen LogP contribution >= 0.6 is 0 Å². The van der Waals surface area contributed by atoms with Crippen molar-refractivity contribution in [2.24, 2.45) is 5.92 Å². The SMILES string of the molecule is CC(C)(C)OC(=O)N1CCN(CC(=O)N2CCC(C=O)CC2)CC1. The van der Waals surface area contributed by atoms with Gasteiger partial charge in [-0.3, -0.25) is 9.69 Å². The zero-order chi connectivity index (χ0) is 17.7. The molecule has 0 bridgehead atoms. The molecule has 24 heavy (non-hydrogen) atoms. The number of ether oxygens (including phenoxy) is 1. The molecule has 2 fully saturated rings. The first-order chi connectivity index (χ1) is 11.3. The van der Waals surface area contributed by atoms with Crippen LogP contribution in [0.15, 0.2) is 0 Å². The van der Waals surface area contributed by atoms with Gasteiger partial charge in [0.15, 0.2) is 0 Å². The summed E-state index contributed by atoms with van der Waals surface area (Å²) in [5, 5.41) is 0. The van der Waals surface area contributed by atoms with Crippen molar-refractivity contribution in [2.45, 2.75) is 39.2 Å². The summed E-state index contributed by atoms with van der Waals surface area (Å²) in [7, 11) is 0. The maximum atomic E-state index is 12.4. The molecule has 0 aromatic carbocycles. The quantitative estimate of drug-likeness (QED) is 0.717. The highest BCUT2D eigenvalue weighted by Gasteiger charge is 2.28. The lowest BCUT2D eigenvalue weighted by Crippen LogP contribution is -2.53. The van der Waals surface area contributed by atoms with Crippen LogP contribution in [0.5, 0.6) is 0 Å². The molecule has 0 unspecified atom stereocenters. The summed E-state index contributed by atoms with van der Waals surface area (Å²) < 4.78 is 5.37. The summed E-state index contributed by atoms with van der Waals surface area (Å²) >= 11 is 0. The summed E-state index contributed by atoms with van der Waals surface area (Å²) in [5.74, 6) is 0.219. The van der Waals surface area contributed by atoms with Gasteiger partial charge in [-0.25, -0.2) is 4.79 Å². The molecule has 2 saturated heterocycles. The average Bonchev–Trinajstić information content (AvgIpc) is 2.54. The average molecular weight is 339 g/mol. The maximum Gasteiger partial charge on any atom is 0.410 e. The lowest BCUT2D eigenvalue weighted by molar-refractivity contribution is -0.135. The van der Waals surface area contributed by atoms with Gasteiger partial charge in [-0.15, -0.1) is 0 Å². The Bertz CT molecular complexity index is 459. The second-order valence-corrected chi connectivity index (χ2v) is 7.60. The van der Waals surface area contributed by atoms with Crippen molar-refractivity contribution in [3.05, 3.63) is 0 Å². The van der Waals surface area contributed by atoms with Crippen molar-refractivity contribution in [3.8, 4) is 0 Å². The first kappa shape index (κ1) is 18.7. The smallest absolute Gasteiger partial charge is 0.410 e. The van der Waals surface area contributed by atoms with E-state index in [-0.39, 0.29) is 17.9 Å². The van der Waals surface area contributed by atoms with E-state index in [0.29, 0.717) is 45.8 Å². The van der Waals surface area contributed by atoms with Gasteiger partial charge in [0.05, 0.1) is 6.54 Å². The number of aldehydes is 1. The fourth-order valence-electron chi connectivity index (χ4n) is 2.99. The summed E-state index contributed by atoms with van der Waals surface area (Å²) in [6.07, 6.45) is 2.24. The number of nitrogens with zero attached hydrogens (tertiary/aromatic N) is 3. The van der Waals surface area contributed by atoms with Gasteiger partial charge >= 0.3 is 6.09 Å². The minimum absolute atomic E-state index is 0.103. The number of hydrogen-bond donors (Lipinski definition) is 0. The summed E-state index contributed by atoms with van der Waals surface area (Å²) in [4.78, 5) is 40.8. The van der Waals surface area contributed by atoms with Crippen LogP contribution in [0, 0.1) is 5.92 Å². The Balaban J connectivity index is 1.72. The largest absolute Gasteiger partial charge is 0.444 e. The van der Waals surface area contributed by atoms with Crippen LogP contribution in [0.2, 0.25) is 0 Å². The first-order valence-electron chi connectivity index (χ1n) is 8.72. The van der Waals surface area contributed by atoms with Crippen molar-refractivity contribution in [1.29, 1.82) is 0 Å². The van der Waals surface area contributed by atoms with Crippen LogP contribution < -0.4 is 0 Å². The Kier molecular flexibility index (Phi) is 6.21. The predicted molar refractivity (Wildman–Crippen MR) is 89.6 cm³/mol. The number of carbonyl (C=O) groups excluding carboxylic acids is 3. The predicted octanol–water partition coefficient (Wildman–Crippen LogP) is 0.977. The fourth-order valence-corrected chi connectivity index (χ4v) is 2.99. The van der Waals surface area contributed by atoms with Crippen LogP contribution in [0.1, 0.15) is 33.6 Å². The number of amides is 2. The Morgan fingerprint density at radius 3 is 2.08 bits per heavy atom. The van der Waals surface area contributed by atoms with Gasteiger partial charge in [0.2, 0.25) is 5.91 Å². The third-order valence-corrected chi connectivity index (χ3v) is 4.47. The second-order valence-electron chi connectivity index (χ2n) is 7.60. The molecule has 0 N–H and O–H groups in total. The molecule has 2 amide bonds. The Labute approximate surface area is 143 Å². The standard InChI is InChI=1S/C17H29N3O4/c1-17(2,3)24-16(23)20-10-8-18(9-11-20)12-15(22)19-6-4-14(13-21)5-7-19/h13-14H,4-12H2,1-3H3. The molecular weight excluding hydrogens is 310 g/mol. The zero-order valence-corrected chi connectivity index (χ0v) is 15.0. The van der Waals surface area contributed by atoms with E-state index in [1.807, 2.05) is 25.7 Å². The molecule has 0 saturated carbocycles. The minimum Gasteiger partial charge on any atom is -0.444 e. The van der Waals surface area contributed by atoms with E-state index in [1.165, 1.54) is 0 Å². The fraction of sp³-hybridized carbons (Fsp3) is 0.824. The summed E-state index contributed by atoms with van der Waals surface area (Å²) in [5.41, 5.74) is -0.488. The Morgan fingerprint density at radius 1 is 1.00 bits per heavy atom. The number of carbonyl (C=O) groups is 3. The molecule has 0 spiro atoms. The molecule has 0 atom stereocenters. The van der Waals surface area contributed by atoms with E-state index in [9.17, 15) is 14.4 Å². The van der Waals surface area contributed by atoms with Crippen molar-refractivity contribution in [2.75, 3.05) is 45.8 Å². The van der Waals surface area contributed by atoms with Crippen LogP contribution in [-0.2, 0) is 14.3 Å². The number of rotatable bonds is 3. The summed E-state index contributed by atoms with van der Waals surface area (Å²) in [6.45, 7) is 9.79. The zero-order valence-electron chi connectivity index (χ0n) is 15.0. The second kappa shape index (κ2) is 7.96. The molecule has 2 rings (SSSR count). The number of likely N-dealkylation sites (tertiary alicyclic amines) is 1. The molecule has 7 heteroatoms. The van der Waals surface area contributed by atoms with Gasteiger partial charge in [0.1, 0.15) is 11.9 Å². The monoisotopic (exact) mass is 339 g/mol. The van der Waals surface area contributed by atoms with Gasteiger partial charge in [0, 0.05) is 45.2 Å². The van der Waals surface area contributed by atoms with Crippen LogP contribution in [0.4, 0.5) is 4.79 Å². The topological polar surface area (TPSA) is 70.2 Å². The van der Waals surface area contributed by atoms with E-state index in [2.05, 4.69) is 4.90 Å². The van der Waals surface area contributed by atoms with E-state index < -0.39 is 5.60 Å². The minimum atomic E-state index is -0.488. The lowest BCUT2D eigenvalue weighted by atomic mass is 9.98. The van der Waals surface area contributed by atoms with Crippen molar-refractivity contribution < 1.29 is 19.1 Å². The number of hydrogen-bond acceptors (Lipinski definition) is 5. The Hall–Kier alpha value is -1.63. The molecule has 136 valence electrons. The van der Waals surface area contributed by atoms with Crippen molar-refractivity contribution in [1.82, 2.24) is 14.7 Å².